The Morgan fingerprint density at radius 2 is 1.87 bits per heavy atom. The van der Waals surface area contributed by atoms with Crippen LogP contribution in [0.2, 0.25) is 0 Å². The molecule has 2 aromatic rings. The van der Waals surface area contributed by atoms with E-state index in [9.17, 15) is 9.90 Å². The quantitative estimate of drug-likeness (QED) is 0.944. The van der Waals surface area contributed by atoms with Crippen LogP contribution in [-0.4, -0.2) is 29.0 Å². The lowest BCUT2D eigenvalue weighted by molar-refractivity contribution is 0.0461. The molecule has 4 heteroatoms. The minimum absolute atomic E-state index is 0.0343. The molecule has 4 nitrogen and oxygen atoms in total. The summed E-state index contributed by atoms with van der Waals surface area (Å²) in [4.78, 5) is 14.5. The van der Waals surface area contributed by atoms with Crippen LogP contribution in [0.15, 0.2) is 40.8 Å². The van der Waals surface area contributed by atoms with Crippen LogP contribution in [0.5, 0.6) is 0 Å². The van der Waals surface area contributed by atoms with Gasteiger partial charge in [-0.3, -0.25) is 4.79 Å². The van der Waals surface area contributed by atoms with Gasteiger partial charge in [-0.05, 0) is 44.2 Å². The van der Waals surface area contributed by atoms with E-state index >= 15 is 0 Å². The van der Waals surface area contributed by atoms with E-state index in [4.69, 9.17) is 4.42 Å². The van der Waals surface area contributed by atoms with Gasteiger partial charge in [0.1, 0.15) is 11.5 Å². The minimum atomic E-state index is -0.452. The molecule has 0 saturated carbocycles. The molecule has 1 amide bonds. The molecule has 0 spiro atoms. The van der Waals surface area contributed by atoms with E-state index in [2.05, 4.69) is 0 Å². The molecule has 1 aromatic heterocycles. The third-order valence-corrected chi connectivity index (χ3v) is 4.69. The molecule has 0 unspecified atom stereocenters. The number of aryl methyl sites for hydroxylation is 2. The Morgan fingerprint density at radius 1 is 1.22 bits per heavy atom. The second-order valence-corrected chi connectivity index (χ2v) is 6.31. The van der Waals surface area contributed by atoms with Crippen LogP contribution < -0.4 is 0 Å². The normalized spacial score (nSPS) is 17.3. The lowest BCUT2D eigenvalue weighted by Gasteiger charge is -2.34. The fourth-order valence-electron chi connectivity index (χ4n) is 3.35. The number of likely N-dealkylation sites (tertiary alicyclic amines) is 1. The van der Waals surface area contributed by atoms with Crippen LogP contribution in [0.25, 0.3) is 0 Å². The molecule has 1 N–H and O–H groups in total. The Balaban J connectivity index is 1.62. The smallest absolute Gasteiger partial charge is 0.257 e. The number of amides is 1. The largest absolute Gasteiger partial charge is 0.466 e. The molecule has 1 fully saturated rings. The summed E-state index contributed by atoms with van der Waals surface area (Å²) >= 11 is 0. The molecule has 1 aliphatic rings. The Morgan fingerprint density at radius 3 is 2.43 bits per heavy atom. The summed E-state index contributed by atoms with van der Waals surface area (Å²) in [5, 5.41) is 10.5. The average molecular weight is 313 g/mol. The minimum Gasteiger partial charge on any atom is -0.466 e. The Hall–Kier alpha value is -2.07. The number of aliphatic hydroxyl groups excluding tert-OH is 1. The van der Waals surface area contributed by atoms with Crippen LogP contribution in [0.4, 0.5) is 0 Å². The first-order valence-corrected chi connectivity index (χ1v) is 8.15. The number of benzene rings is 1. The molecule has 23 heavy (non-hydrogen) atoms. The molecule has 1 saturated heterocycles. The van der Waals surface area contributed by atoms with Crippen molar-refractivity contribution in [1.82, 2.24) is 4.90 Å². The summed E-state index contributed by atoms with van der Waals surface area (Å²) in [6.45, 7) is 5.03. The predicted octanol–water partition coefficient (Wildman–Crippen LogP) is 3.48. The molecule has 3 rings (SSSR count). The van der Waals surface area contributed by atoms with Crippen molar-refractivity contribution in [3.8, 4) is 0 Å². The topological polar surface area (TPSA) is 53.7 Å². The highest BCUT2D eigenvalue weighted by atomic mass is 16.3. The van der Waals surface area contributed by atoms with Gasteiger partial charge in [-0.25, -0.2) is 0 Å². The molecule has 0 radical (unpaired) electrons. The van der Waals surface area contributed by atoms with E-state index in [0.29, 0.717) is 24.4 Å². The van der Waals surface area contributed by atoms with Crippen molar-refractivity contribution in [1.29, 1.82) is 0 Å². The fraction of sp³-hybridized carbons (Fsp3) is 0.421. The van der Waals surface area contributed by atoms with E-state index in [0.717, 1.165) is 24.2 Å². The van der Waals surface area contributed by atoms with Crippen molar-refractivity contribution in [3.63, 3.8) is 0 Å². The Labute approximate surface area is 136 Å². The van der Waals surface area contributed by atoms with Crippen LogP contribution in [-0.2, 0) is 0 Å². The van der Waals surface area contributed by atoms with Gasteiger partial charge in [0, 0.05) is 13.1 Å². The monoisotopic (exact) mass is 313 g/mol. The van der Waals surface area contributed by atoms with Crippen LogP contribution in [0, 0.1) is 19.8 Å². The number of rotatable bonds is 3. The number of aliphatic hydroxyl groups is 1. The molecule has 0 aliphatic carbocycles. The number of nitrogens with zero attached hydrogens (tertiary/aromatic N) is 1. The lowest BCUT2D eigenvalue weighted by Crippen LogP contribution is -2.39. The van der Waals surface area contributed by atoms with Gasteiger partial charge in [-0.2, -0.15) is 0 Å². The highest BCUT2D eigenvalue weighted by Gasteiger charge is 2.29. The van der Waals surface area contributed by atoms with Crippen molar-refractivity contribution in [2.45, 2.75) is 32.8 Å². The van der Waals surface area contributed by atoms with Gasteiger partial charge in [0.25, 0.3) is 5.91 Å². The first-order valence-electron chi connectivity index (χ1n) is 8.15. The summed E-state index contributed by atoms with van der Waals surface area (Å²) in [5.41, 5.74) is 1.61. The molecule has 0 bridgehead atoms. The molecule has 2 heterocycles. The van der Waals surface area contributed by atoms with Gasteiger partial charge < -0.3 is 14.4 Å². The van der Waals surface area contributed by atoms with Gasteiger partial charge in [-0.1, -0.05) is 30.3 Å². The molecule has 1 aromatic carbocycles. The number of piperidine rings is 1. The lowest BCUT2D eigenvalue weighted by atomic mass is 9.87. The van der Waals surface area contributed by atoms with Gasteiger partial charge in [0.05, 0.1) is 11.7 Å². The van der Waals surface area contributed by atoms with Crippen molar-refractivity contribution in [3.05, 3.63) is 59.0 Å². The summed E-state index contributed by atoms with van der Waals surface area (Å²) in [6.07, 6.45) is 1.18. The maximum absolute atomic E-state index is 12.6. The second kappa shape index (κ2) is 6.59. The predicted molar refractivity (Wildman–Crippen MR) is 88.2 cm³/mol. The second-order valence-electron chi connectivity index (χ2n) is 6.31. The van der Waals surface area contributed by atoms with Crippen molar-refractivity contribution < 1.29 is 14.3 Å². The number of hydrogen-bond acceptors (Lipinski definition) is 3. The Kier molecular flexibility index (Phi) is 4.53. The van der Waals surface area contributed by atoms with Gasteiger partial charge in [-0.15, -0.1) is 0 Å². The highest BCUT2D eigenvalue weighted by molar-refractivity contribution is 5.95. The first-order chi connectivity index (χ1) is 11.1. The Bertz CT molecular complexity index is 669. The molecule has 1 atom stereocenters. The molecular weight excluding hydrogens is 290 g/mol. The van der Waals surface area contributed by atoms with Crippen LogP contribution in [0.3, 0.4) is 0 Å². The van der Waals surface area contributed by atoms with Crippen molar-refractivity contribution in [2.24, 2.45) is 5.92 Å². The molecule has 1 aliphatic heterocycles. The van der Waals surface area contributed by atoms with Gasteiger partial charge in [0.2, 0.25) is 0 Å². The third kappa shape index (κ3) is 3.32. The van der Waals surface area contributed by atoms with E-state index in [-0.39, 0.29) is 11.8 Å². The SMILES string of the molecule is Cc1cc(C(=O)N2CCC([C@H](O)c3ccccc3)CC2)c(C)o1. The van der Waals surface area contributed by atoms with Gasteiger partial charge >= 0.3 is 0 Å². The van der Waals surface area contributed by atoms with E-state index in [1.165, 1.54) is 0 Å². The van der Waals surface area contributed by atoms with Gasteiger partial charge in [0.15, 0.2) is 0 Å². The molecular formula is C19H23NO3. The zero-order valence-electron chi connectivity index (χ0n) is 13.7. The maximum Gasteiger partial charge on any atom is 0.257 e. The van der Waals surface area contributed by atoms with E-state index in [1.807, 2.05) is 55.1 Å². The van der Waals surface area contributed by atoms with Crippen LogP contribution >= 0.6 is 0 Å². The van der Waals surface area contributed by atoms with E-state index < -0.39 is 6.10 Å². The van der Waals surface area contributed by atoms with Crippen molar-refractivity contribution in [2.75, 3.05) is 13.1 Å². The maximum atomic E-state index is 12.6. The zero-order valence-corrected chi connectivity index (χ0v) is 13.7. The number of furan rings is 1. The average Bonchev–Trinajstić information content (AvgIpc) is 2.93. The summed E-state index contributed by atoms with van der Waals surface area (Å²) < 4.78 is 5.46. The fourth-order valence-corrected chi connectivity index (χ4v) is 3.35. The number of carbonyl (C=O) groups is 1. The number of carbonyl (C=O) groups excluding carboxylic acids is 1. The summed E-state index contributed by atoms with van der Waals surface area (Å²) in [5.74, 6) is 1.68. The molecule has 122 valence electrons. The highest BCUT2D eigenvalue weighted by Crippen LogP contribution is 2.31. The first kappa shape index (κ1) is 15.8. The summed E-state index contributed by atoms with van der Waals surface area (Å²) in [7, 11) is 0. The van der Waals surface area contributed by atoms with E-state index in [1.54, 1.807) is 0 Å². The number of hydrogen-bond donors (Lipinski definition) is 1. The zero-order chi connectivity index (χ0) is 16.4. The third-order valence-electron chi connectivity index (χ3n) is 4.69. The van der Waals surface area contributed by atoms with Crippen LogP contribution in [0.1, 0.15) is 46.4 Å². The standard InChI is InChI=1S/C19H23NO3/c1-13-12-17(14(2)23-13)19(22)20-10-8-16(9-11-20)18(21)15-6-4-3-5-7-15/h3-7,12,16,18,21H,8-11H2,1-2H3/t18-/m1/s1. The summed E-state index contributed by atoms with van der Waals surface area (Å²) in [6, 6.07) is 11.6. The van der Waals surface area contributed by atoms with Crippen molar-refractivity contribution >= 4 is 5.91 Å².